The molecule has 0 spiro atoms. The molecule has 172 valence electrons. The molecule has 0 heterocycles. The molecule has 2 N–H and O–H groups in total. The summed E-state index contributed by atoms with van der Waals surface area (Å²) in [6, 6.07) is 22.2. The average Bonchev–Trinajstić information content (AvgIpc) is 2.84. The van der Waals surface area contributed by atoms with Crippen molar-refractivity contribution in [2.45, 2.75) is 66.7 Å². The zero-order valence-electron chi connectivity index (χ0n) is 20.9. The van der Waals surface area contributed by atoms with Crippen molar-refractivity contribution in [3.63, 3.8) is 0 Å². The molecule has 0 aliphatic heterocycles. The van der Waals surface area contributed by atoms with Crippen LogP contribution in [0, 0.1) is 11.8 Å². The molecular formula is C31H43N. The van der Waals surface area contributed by atoms with E-state index >= 15 is 0 Å². The van der Waals surface area contributed by atoms with Crippen molar-refractivity contribution < 1.29 is 0 Å². The molecule has 0 amide bonds. The van der Waals surface area contributed by atoms with Gasteiger partial charge in [-0.3, -0.25) is 0 Å². The Morgan fingerprint density at radius 3 is 2.25 bits per heavy atom. The lowest BCUT2D eigenvalue weighted by molar-refractivity contribution is 0.375. The molecule has 0 saturated carbocycles. The van der Waals surface area contributed by atoms with Crippen LogP contribution in [0.25, 0.3) is 22.9 Å². The molecule has 0 saturated heterocycles. The maximum absolute atomic E-state index is 6.23. The first-order chi connectivity index (χ1) is 15.6. The second kappa shape index (κ2) is 13.9. The van der Waals surface area contributed by atoms with Gasteiger partial charge in [0.1, 0.15) is 0 Å². The maximum atomic E-state index is 6.23. The second-order valence-corrected chi connectivity index (χ2v) is 8.72. The van der Waals surface area contributed by atoms with Gasteiger partial charge in [0.2, 0.25) is 0 Å². The zero-order chi connectivity index (χ0) is 23.3. The third kappa shape index (κ3) is 7.35. The highest BCUT2D eigenvalue weighted by molar-refractivity contribution is 5.90. The molecule has 0 aliphatic rings. The van der Waals surface area contributed by atoms with E-state index in [1.165, 1.54) is 52.3 Å². The minimum absolute atomic E-state index is 0.522. The standard InChI is InChI=1S/C29H37N.C2H6/c1-4-8-22(3)19-25(21-30)20-29-27(18-17-26-9-6-7-10-28(26)29)16-15-24-13-11-23(5-2)12-14-24;1-2/h6-7,9-18,22,25H,4-5,8,19-21,30H2,1-3H3;1-2H3/b16-15+;. The monoisotopic (exact) mass is 429 g/mol. The summed E-state index contributed by atoms with van der Waals surface area (Å²) < 4.78 is 0. The predicted molar refractivity (Wildman–Crippen MR) is 145 cm³/mol. The summed E-state index contributed by atoms with van der Waals surface area (Å²) in [5, 5.41) is 2.68. The molecule has 0 aromatic heterocycles. The lowest BCUT2D eigenvalue weighted by atomic mass is 9.85. The quantitative estimate of drug-likeness (QED) is 0.321. The van der Waals surface area contributed by atoms with Gasteiger partial charge in [-0.15, -0.1) is 0 Å². The first-order valence-corrected chi connectivity index (χ1v) is 12.6. The van der Waals surface area contributed by atoms with Crippen molar-refractivity contribution in [3.05, 3.63) is 82.9 Å². The molecule has 0 radical (unpaired) electrons. The summed E-state index contributed by atoms with van der Waals surface area (Å²) in [7, 11) is 0. The number of hydrogen-bond acceptors (Lipinski definition) is 1. The molecule has 2 atom stereocenters. The molecule has 32 heavy (non-hydrogen) atoms. The number of benzene rings is 3. The summed E-state index contributed by atoms with van der Waals surface area (Å²) in [5.74, 6) is 1.25. The van der Waals surface area contributed by atoms with Gasteiger partial charge in [-0.2, -0.15) is 0 Å². The molecule has 0 aliphatic carbocycles. The fraction of sp³-hybridized carbons (Fsp3) is 0.419. The Balaban J connectivity index is 0.00000176. The molecule has 3 aromatic rings. The topological polar surface area (TPSA) is 26.0 Å². The number of aryl methyl sites for hydroxylation is 1. The predicted octanol–water partition coefficient (Wildman–Crippen LogP) is 8.54. The second-order valence-electron chi connectivity index (χ2n) is 8.72. The van der Waals surface area contributed by atoms with E-state index in [1.54, 1.807) is 0 Å². The van der Waals surface area contributed by atoms with Gasteiger partial charge >= 0.3 is 0 Å². The highest BCUT2D eigenvalue weighted by atomic mass is 14.5. The fourth-order valence-electron chi connectivity index (χ4n) is 4.52. The average molecular weight is 430 g/mol. The summed E-state index contributed by atoms with van der Waals surface area (Å²) in [5.41, 5.74) is 11.6. The van der Waals surface area contributed by atoms with E-state index in [1.807, 2.05) is 13.8 Å². The van der Waals surface area contributed by atoms with Crippen molar-refractivity contribution in [2.75, 3.05) is 6.54 Å². The molecule has 1 heteroatoms. The Hall–Kier alpha value is -2.38. The normalized spacial score (nSPS) is 13.1. The van der Waals surface area contributed by atoms with Crippen molar-refractivity contribution >= 4 is 22.9 Å². The van der Waals surface area contributed by atoms with E-state index in [2.05, 4.69) is 93.6 Å². The van der Waals surface area contributed by atoms with E-state index in [9.17, 15) is 0 Å². The van der Waals surface area contributed by atoms with Gasteiger partial charge < -0.3 is 5.73 Å². The smallest absolute Gasteiger partial charge is 0.00456 e. The molecule has 3 rings (SSSR count). The SMILES string of the molecule is CC.CCCC(C)CC(CN)Cc1c(/C=C/c2ccc(CC)cc2)ccc2ccccc12. The van der Waals surface area contributed by atoms with Gasteiger partial charge in [0.15, 0.2) is 0 Å². The maximum Gasteiger partial charge on any atom is -0.00456 e. The van der Waals surface area contributed by atoms with Crippen LogP contribution in [0.5, 0.6) is 0 Å². The van der Waals surface area contributed by atoms with Crippen molar-refractivity contribution in [3.8, 4) is 0 Å². The molecule has 3 aromatic carbocycles. The Bertz CT molecular complexity index is 952. The Labute approximate surface area is 196 Å². The molecule has 2 unspecified atom stereocenters. The van der Waals surface area contributed by atoms with Crippen LogP contribution in [0.4, 0.5) is 0 Å². The Morgan fingerprint density at radius 1 is 0.875 bits per heavy atom. The fourth-order valence-corrected chi connectivity index (χ4v) is 4.52. The number of fused-ring (bicyclic) bond motifs is 1. The summed E-state index contributed by atoms with van der Waals surface area (Å²) in [6.45, 7) is 11.6. The van der Waals surface area contributed by atoms with Crippen LogP contribution in [0.2, 0.25) is 0 Å². The number of rotatable bonds is 10. The third-order valence-electron chi connectivity index (χ3n) is 6.26. The largest absolute Gasteiger partial charge is 0.330 e. The van der Waals surface area contributed by atoms with Gasteiger partial charge in [-0.05, 0) is 70.7 Å². The van der Waals surface area contributed by atoms with E-state index < -0.39 is 0 Å². The van der Waals surface area contributed by atoms with E-state index in [0.29, 0.717) is 5.92 Å². The summed E-state index contributed by atoms with van der Waals surface area (Å²) in [4.78, 5) is 0. The van der Waals surface area contributed by atoms with Gasteiger partial charge in [-0.1, -0.05) is 120 Å². The van der Waals surface area contributed by atoms with Crippen molar-refractivity contribution in [1.29, 1.82) is 0 Å². The van der Waals surface area contributed by atoms with Crippen LogP contribution in [0.1, 0.15) is 76.1 Å². The van der Waals surface area contributed by atoms with Gasteiger partial charge in [-0.25, -0.2) is 0 Å². The number of hydrogen-bond donors (Lipinski definition) is 1. The van der Waals surface area contributed by atoms with Gasteiger partial charge in [0.25, 0.3) is 0 Å². The van der Waals surface area contributed by atoms with Crippen molar-refractivity contribution in [2.24, 2.45) is 17.6 Å². The van der Waals surface area contributed by atoms with Gasteiger partial charge in [0.05, 0.1) is 0 Å². The van der Waals surface area contributed by atoms with Crippen LogP contribution in [-0.2, 0) is 12.8 Å². The third-order valence-corrected chi connectivity index (χ3v) is 6.26. The molecule has 0 fully saturated rings. The van der Waals surface area contributed by atoms with Crippen molar-refractivity contribution in [1.82, 2.24) is 0 Å². The summed E-state index contributed by atoms with van der Waals surface area (Å²) in [6.07, 6.45) is 10.4. The minimum atomic E-state index is 0.522. The van der Waals surface area contributed by atoms with Crippen LogP contribution < -0.4 is 5.73 Å². The van der Waals surface area contributed by atoms with Crippen LogP contribution in [0.15, 0.2) is 60.7 Å². The Morgan fingerprint density at radius 2 is 1.59 bits per heavy atom. The number of nitrogens with two attached hydrogens (primary N) is 1. The van der Waals surface area contributed by atoms with Crippen LogP contribution in [0.3, 0.4) is 0 Å². The Kier molecular flexibility index (Phi) is 11.2. The molecular weight excluding hydrogens is 386 g/mol. The van der Waals surface area contributed by atoms with E-state index in [-0.39, 0.29) is 0 Å². The lowest BCUT2D eigenvalue weighted by Gasteiger charge is -2.21. The first-order valence-electron chi connectivity index (χ1n) is 12.6. The summed E-state index contributed by atoms with van der Waals surface area (Å²) >= 11 is 0. The zero-order valence-corrected chi connectivity index (χ0v) is 20.9. The highest BCUT2D eigenvalue weighted by Crippen LogP contribution is 2.29. The van der Waals surface area contributed by atoms with E-state index in [0.717, 1.165) is 25.3 Å². The highest BCUT2D eigenvalue weighted by Gasteiger charge is 2.16. The van der Waals surface area contributed by atoms with Crippen LogP contribution in [-0.4, -0.2) is 6.54 Å². The first kappa shape index (κ1) is 25.9. The van der Waals surface area contributed by atoms with E-state index in [4.69, 9.17) is 5.73 Å². The lowest BCUT2D eigenvalue weighted by Crippen LogP contribution is -2.20. The molecule has 0 bridgehead atoms. The van der Waals surface area contributed by atoms with Crippen LogP contribution >= 0.6 is 0 Å². The minimum Gasteiger partial charge on any atom is -0.330 e. The van der Waals surface area contributed by atoms with Gasteiger partial charge in [0, 0.05) is 0 Å². The molecule has 1 nitrogen and oxygen atoms in total.